The van der Waals surface area contributed by atoms with Gasteiger partial charge in [-0.2, -0.15) is 0 Å². The van der Waals surface area contributed by atoms with Gasteiger partial charge in [-0.25, -0.2) is 0 Å². The van der Waals surface area contributed by atoms with E-state index >= 15 is 0 Å². The third-order valence-corrected chi connectivity index (χ3v) is 3.36. The fourth-order valence-corrected chi connectivity index (χ4v) is 2.13. The quantitative estimate of drug-likeness (QED) is 0.628. The lowest BCUT2D eigenvalue weighted by Gasteiger charge is -2.41. The van der Waals surface area contributed by atoms with Gasteiger partial charge in [0.1, 0.15) is 0 Å². The molecule has 2 N–H and O–H groups in total. The highest BCUT2D eigenvalue weighted by atomic mass is 16.3. The fraction of sp³-hybridized carbons (Fsp3) is 1.00. The van der Waals surface area contributed by atoms with Gasteiger partial charge in [-0.15, -0.1) is 0 Å². The molecular formula is C11H22N2O. The molecule has 1 aliphatic heterocycles. The van der Waals surface area contributed by atoms with Gasteiger partial charge in [0.05, 0.1) is 0 Å². The van der Waals surface area contributed by atoms with E-state index in [4.69, 9.17) is 5.11 Å². The molecule has 2 rings (SSSR count). The molecule has 82 valence electrons. The number of aliphatic hydroxyl groups excluding tert-OH is 1. The highest BCUT2D eigenvalue weighted by molar-refractivity contribution is 4.85. The second-order valence-corrected chi connectivity index (χ2v) is 4.57. The van der Waals surface area contributed by atoms with Crippen molar-refractivity contribution in [2.45, 2.75) is 44.2 Å². The molecule has 14 heavy (non-hydrogen) atoms. The molecule has 3 nitrogen and oxygen atoms in total. The smallest absolute Gasteiger partial charge is 0.0443 e. The average molecular weight is 198 g/mol. The van der Waals surface area contributed by atoms with Gasteiger partial charge in [0.2, 0.25) is 0 Å². The zero-order valence-electron chi connectivity index (χ0n) is 8.91. The van der Waals surface area contributed by atoms with E-state index < -0.39 is 0 Å². The maximum atomic E-state index is 8.74. The van der Waals surface area contributed by atoms with Crippen LogP contribution in [0.5, 0.6) is 0 Å². The lowest BCUT2D eigenvalue weighted by atomic mass is 9.99. The molecule has 1 saturated carbocycles. The molecular weight excluding hydrogens is 176 g/mol. The van der Waals surface area contributed by atoms with Crippen molar-refractivity contribution in [2.75, 3.05) is 26.2 Å². The lowest BCUT2D eigenvalue weighted by molar-refractivity contribution is 0.0758. The van der Waals surface area contributed by atoms with Crippen LogP contribution in [0.2, 0.25) is 0 Å². The Labute approximate surface area is 86.5 Å². The normalized spacial score (nSPS) is 27.6. The van der Waals surface area contributed by atoms with Crippen molar-refractivity contribution in [1.29, 1.82) is 0 Å². The molecule has 1 saturated heterocycles. The van der Waals surface area contributed by atoms with Crippen molar-refractivity contribution in [3.8, 4) is 0 Å². The van der Waals surface area contributed by atoms with Crippen LogP contribution in [0.1, 0.15) is 32.1 Å². The van der Waals surface area contributed by atoms with E-state index in [1.54, 1.807) is 0 Å². The van der Waals surface area contributed by atoms with E-state index in [9.17, 15) is 0 Å². The van der Waals surface area contributed by atoms with Crippen molar-refractivity contribution in [2.24, 2.45) is 0 Å². The molecule has 0 amide bonds. The zero-order chi connectivity index (χ0) is 9.80. The summed E-state index contributed by atoms with van der Waals surface area (Å²) in [6, 6.07) is 1.65. The predicted molar refractivity (Wildman–Crippen MR) is 57.3 cm³/mol. The van der Waals surface area contributed by atoms with E-state index in [1.807, 2.05) is 0 Å². The topological polar surface area (TPSA) is 35.5 Å². The van der Waals surface area contributed by atoms with Crippen molar-refractivity contribution in [3.63, 3.8) is 0 Å². The summed E-state index contributed by atoms with van der Waals surface area (Å²) in [5.74, 6) is 0. The number of hydrogen-bond acceptors (Lipinski definition) is 3. The Balaban J connectivity index is 1.51. The Morgan fingerprint density at radius 3 is 2.71 bits per heavy atom. The van der Waals surface area contributed by atoms with Crippen molar-refractivity contribution in [3.05, 3.63) is 0 Å². The Kier molecular flexibility index (Phi) is 3.79. The van der Waals surface area contributed by atoms with Gasteiger partial charge >= 0.3 is 0 Å². The summed E-state index contributed by atoms with van der Waals surface area (Å²) in [5.41, 5.74) is 0. The van der Waals surface area contributed by atoms with E-state index in [2.05, 4.69) is 10.2 Å². The molecule has 1 unspecified atom stereocenters. The van der Waals surface area contributed by atoms with Crippen LogP contribution >= 0.6 is 0 Å². The third kappa shape index (κ3) is 2.94. The standard InChI is InChI=1S/C11H22N2O/c14-9-1-7-13-8-5-11(13)4-6-12-10-2-3-10/h10-12,14H,1-9H2. The van der Waals surface area contributed by atoms with Crippen LogP contribution in [0.3, 0.4) is 0 Å². The van der Waals surface area contributed by atoms with Gasteiger partial charge in [0, 0.05) is 25.2 Å². The first-order chi connectivity index (χ1) is 6.90. The summed E-state index contributed by atoms with van der Waals surface area (Å²) in [6.45, 7) is 3.85. The number of hydrogen-bond donors (Lipinski definition) is 2. The first-order valence-corrected chi connectivity index (χ1v) is 5.98. The van der Waals surface area contributed by atoms with Crippen molar-refractivity contribution < 1.29 is 5.11 Å². The second kappa shape index (κ2) is 5.10. The molecule has 2 aliphatic rings. The van der Waals surface area contributed by atoms with E-state index in [1.165, 1.54) is 38.8 Å². The molecule has 0 spiro atoms. The number of nitrogens with one attached hydrogen (secondary N) is 1. The lowest BCUT2D eigenvalue weighted by Crippen LogP contribution is -2.49. The van der Waals surface area contributed by atoms with Crippen LogP contribution in [-0.2, 0) is 0 Å². The van der Waals surface area contributed by atoms with Crippen LogP contribution in [0.4, 0.5) is 0 Å². The summed E-state index contributed by atoms with van der Waals surface area (Å²) >= 11 is 0. The molecule has 1 aliphatic carbocycles. The molecule has 1 heterocycles. The fourth-order valence-electron chi connectivity index (χ4n) is 2.13. The predicted octanol–water partition coefficient (Wildman–Crippen LogP) is 0.585. The maximum absolute atomic E-state index is 8.74. The number of aliphatic hydroxyl groups is 1. The van der Waals surface area contributed by atoms with Gasteiger partial charge in [-0.1, -0.05) is 0 Å². The molecule has 2 fully saturated rings. The van der Waals surface area contributed by atoms with Gasteiger partial charge in [0.25, 0.3) is 0 Å². The third-order valence-electron chi connectivity index (χ3n) is 3.36. The maximum Gasteiger partial charge on any atom is 0.0443 e. The average Bonchev–Trinajstić information content (AvgIpc) is 2.95. The van der Waals surface area contributed by atoms with Gasteiger partial charge in [-0.3, -0.25) is 0 Å². The first kappa shape index (κ1) is 10.4. The molecule has 1 atom stereocenters. The SMILES string of the molecule is OCCCN1CCC1CCNC1CC1. The highest BCUT2D eigenvalue weighted by Crippen LogP contribution is 2.22. The second-order valence-electron chi connectivity index (χ2n) is 4.57. The largest absolute Gasteiger partial charge is 0.396 e. The van der Waals surface area contributed by atoms with E-state index in [0.29, 0.717) is 6.61 Å². The van der Waals surface area contributed by atoms with Crippen LogP contribution < -0.4 is 5.32 Å². The Hall–Kier alpha value is -0.120. The summed E-state index contributed by atoms with van der Waals surface area (Å²) in [6.07, 6.45) is 6.37. The summed E-state index contributed by atoms with van der Waals surface area (Å²) in [7, 11) is 0. The van der Waals surface area contributed by atoms with Gasteiger partial charge < -0.3 is 15.3 Å². The Bertz CT molecular complexity index is 171. The number of rotatable bonds is 7. The summed E-state index contributed by atoms with van der Waals surface area (Å²) in [5, 5.41) is 12.3. The van der Waals surface area contributed by atoms with Gasteiger partial charge in [0.15, 0.2) is 0 Å². The molecule has 0 aromatic carbocycles. The van der Waals surface area contributed by atoms with E-state index in [-0.39, 0.29) is 0 Å². The van der Waals surface area contributed by atoms with Crippen LogP contribution in [0.15, 0.2) is 0 Å². The molecule has 3 heteroatoms. The first-order valence-electron chi connectivity index (χ1n) is 5.98. The van der Waals surface area contributed by atoms with Crippen LogP contribution in [0, 0.1) is 0 Å². The van der Waals surface area contributed by atoms with Crippen molar-refractivity contribution in [1.82, 2.24) is 10.2 Å². The molecule has 0 aromatic heterocycles. The minimum Gasteiger partial charge on any atom is -0.396 e. The monoisotopic (exact) mass is 198 g/mol. The zero-order valence-corrected chi connectivity index (χ0v) is 8.91. The summed E-state index contributed by atoms with van der Waals surface area (Å²) in [4.78, 5) is 2.50. The van der Waals surface area contributed by atoms with Crippen LogP contribution in [0.25, 0.3) is 0 Å². The van der Waals surface area contributed by atoms with Crippen molar-refractivity contribution >= 4 is 0 Å². The van der Waals surface area contributed by atoms with E-state index in [0.717, 1.165) is 25.0 Å². The Morgan fingerprint density at radius 1 is 1.29 bits per heavy atom. The Morgan fingerprint density at radius 2 is 2.14 bits per heavy atom. The minimum absolute atomic E-state index is 0.337. The summed E-state index contributed by atoms with van der Waals surface area (Å²) < 4.78 is 0. The molecule has 0 bridgehead atoms. The number of likely N-dealkylation sites (tertiary alicyclic amines) is 1. The van der Waals surface area contributed by atoms with Gasteiger partial charge in [-0.05, 0) is 45.2 Å². The minimum atomic E-state index is 0.337. The molecule has 0 aromatic rings. The number of nitrogens with zero attached hydrogens (tertiary/aromatic N) is 1. The molecule has 0 radical (unpaired) electrons. The van der Waals surface area contributed by atoms with Crippen LogP contribution in [-0.4, -0.2) is 48.3 Å². The highest BCUT2D eigenvalue weighted by Gasteiger charge is 2.27.